The van der Waals surface area contributed by atoms with Crippen LogP contribution in [-0.4, -0.2) is 30.1 Å². The van der Waals surface area contributed by atoms with Gasteiger partial charge in [-0.05, 0) is 37.3 Å². The topological polar surface area (TPSA) is 29.3 Å². The number of nitrogens with zero attached hydrogens (tertiary/aromatic N) is 1. The number of rotatable bonds is 3. The normalized spacial score (nSPS) is 27.4. The van der Waals surface area contributed by atoms with Crippen molar-refractivity contribution in [3.05, 3.63) is 35.9 Å². The summed E-state index contributed by atoms with van der Waals surface area (Å²) in [6.45, 7) is 3.28. The molecule has 3 rings (SSSR count). The summed E-state index contributed by atoms with van der Waals surface area (Å²) in [6, 6.07) is 11.0. The van der Waals surface area contributed by atoms with Crippen molar-refractivity contribution in [1.82, 2.24) is 4.90 Å². The molecular weight excluding hydrogens is 244 g/mol. The molecule has 1 saturated heterocycles. The van der Waals surface area contributed by atoms with Gasteiger partial charge < -0.3 is 5.73 Å². The number of hydrogen-bond acceptors (Lipinski definition) is 2. The van der Waals surface area contributed by atoms with E-state index in [2.05, 4.69) is 35.2 Å². The summed E-state index contributed by atoms with van der Waals surface area (Å²) in [7, 11) is 0. The van der Waals surface area contributed by atoms with Gasteiger partial charge in [0.1, 0.15) is 0 Å². The van der Waals surface area contributed by atoms with E-state index in [1.807, 2.05) is 0 Å². The molecule has 1 aliphatic heterocycles. The Hall–Kier alpha value is -0.860. The van der Waals surface area contributed by atoms with Crippen LogP contribution in [0, 0.1) is 0 Å². The molecule has 1 aliphatic carbocycles. The molecule has 1 saturated carbocycles. The quantitative estimate of drug-likeness (QED) is 0.853. The lowest BCUT2D eigenvalue weighted by molar-refractivity contribution is 0.104. The maximum atomic E-state index is 6.23. The van der Waals surface area contributed by atoms with Gasteiger partial charge in [-0.1, -0.05) is 56.0 Å². The molecule has 2 heteroatoms. The van der Waals surface area contributed by atoms with Crippen LogP contribution in [0.4, 0.5) is 0 Å². The van der Waals surface area contributed by atoms with Crippen molar-refractivity contribution >= 4 is 0 Å². The molecular formula is C18H28N2. The van der Waals surface area contributed by atoms with Gasteiger partial charge in [-0.25, -0.2) is 0 Å². The molecule has 2 nitrogen and oxygen atoms in total. The Morgan fingerprint density at radius 3 is 2.40 bits per heavy atom. The smallest absolute Gasteiger partial charge is 0.0332 e. The van der Waals surface area contributed by atoms with Gasteiger partial charge in [-0.15, -0.1) is 0 Å². The molecule has 0 radical (unpaired) electrons. The van der Waals surface area contributed by atoms with Crippen LogP contribution in [0.2, 0.25) is 0 Å². The van der Waals surface area contributed by atoms with Gasteiger partial charge in [0.2, 0.25) is 0 Å². The van der Waals surface area contributed by atoms with Crippen molar-refractivity contribution in [2.75, 3.05) is 19.6 Å². The van der Waals surface area contributed by atoms with Crippen molar-refractivity contribution in [2.45, 2.75) is 56.4 Å². The Balaban J connectivity index is 1.71. The van der Waals surface area contributed by atoms with Crippen molar-refractivity contribution in [3.8, 4) is 0 Å². The largest absolute Gasteiger partial charge is 0.329 e. The second kappa shape index (κ2) is 6.28. The molecule has 1 aromatic carbocycles. The highest BCUT2D eigenvalue weighted by molar-refractivity contribution is 5.21. The first-order valence-corrected chi connectivity index (χ1v) is 8.34. The Bertz CT molecular complexity index is 407. The van der Waals surface area contributed by atoms with E-state index in [9.17, 15) is 0 Å². The van der Waals surface area contributed by atoms with Crippen LogP contribution in [0.1, 0.15) is 56.4 Å². The fraction of sp³-hybridized carbons (Fsp3) is 0.667. The van der Waals surface area contributed by atoms with E-state index in [0.717, 1.165) is 6.54 Å². The number of benzene rings is 1. The summed E-state index contributed by atoms with van der Waals surface area (Å²) >= 11 is 0. The van der Waals surface area contributed by atoms with Crippen molar-refractivity contribution in [1.29, 1.82) is 0 Å². The zero-order valence-corrected chi connectivity index (χ0v) is 12.6. The van der Waals surface area contributed by atoms with E-state index >= 15 is 0 Å². The number of nitrogens with two attached hydrogens (primary N) is 1. The number of hydrogen-bond donors (Lipinski definition) is 1. The van der Waals surface area contributed by atoms with Crippen molar-refractivity contribution in [3.63, 3.8) is 0 Å². The molecule has 2 aliphatic rings. The highest BCUT2D eigenvalue weighted by atomic mass is 15.2. The standard InChI is InChI=1S/C18H28N2/c19-15-18(11-6-1-2-7-12-18)20-13-10-17(14-20)16-8-4-3-5-9-16/h3-5,8-9,17H,1-2,6-7,10-15,19H2. The minimum atomic E-state index is 0.306. The van der Waals surface area contributed by atoms with E-state index in [4.69, 9.17) is 5.73 Å². The molecule has 20 heavy (non-hydrogen) atoms. The molecule has 0 aromatic heterocycles. The second-order valence-corrected chi connectivity index (χ2v) is 6.68. The molecule has 1 aromatic rings. The lowest BCUT2D eigenvalue weighted by atomic mass is 9.88. The highest BCUT2D eigenvalue weighted by Gasteiger charge is 2.39. The Labute approximate surface area is 123 Å². The van der Waals surface area contributed by atoms with Gasteiger partial charge in [0, 0.05) is 18.6 Å². The molecule has 2 fully saturated rings. The second-order valence-electron chi connectivity index (χ2n) is 6.68. The molecule has 0 spiro atoms. The minimum absolute atomic E-state index is 0.306. The van der Waals surface area contributed by atoms with Crippen LogP contribution in [0.15, 0.2) is 30.3 Å². The minimum Gasteiger partial charge on any atom is -0.329 e. The van der Waals surface area contributed by atoms with Crippen molar-refractivity contribution < 1.29 is 0 Å². The summed E-state index contributed by atoms with van der Waals surface area (Å²) in [6.07, 6.45) is 9.45. The SMILES string of the molecule is NCC1(N2CCC(c3ccccc3)C2)CCCCCC1. The predicted molar refractivity (Wildman–Crippen MR) is 84.9 cm³/mol. The van der Waals surface area contributed by atoms with Crippen molar-refractivity contribution in [2.24, 2.45) is 5.73 Å². The molecule has 1 unspecified atom stereocenters. The maximum absolute atomic E-state index is 6.23. The van der Waals surface area contributed by atoms with Gasteiger partial charge in [0.05, 0.1) is 0 Å². The third-order valence-electron chi connectivity index (χ3n) is 5.54. The first-order valence-electron chi connectivity index (χ1n) is 8.34. The lowest BCUT2D eigenvalue weighted by Gasteiger charge is -2.41. The monoisotopic (exact) mass is 272 g/mol. The zero-order chi connectivity index (χ0) is 13.8. The molecule has 110 valence electrons. The maximum Gasteiger partial charge on any atom is 0.0332 e. The summed E-state index contributed by atoms with van der Waals surface area (Å²) in [5.74, 6) is 0.711. The Morgan fingerprint density at radius 2 is 1.75 bits per heavy atom. The molecule has 0 amide bonds. The molecule has 2 N–H and O–H groups in total. The predicted octanol–water partition coefficient (Wildman–Crippen LogP) is 3.53. The average Bonchev–Trinajstić information content (AvgIpc) is 2.88. The van der Waals surface area contributed by atoms with Crippen LogP contribution >= 0.6 is 0 Å². The highest BCUT2D eigenvalue weighted by Crippen LogP contribution is 2.38. The lowest BCUT2D eigenvalue weighted by Crippen LogP contribution is -2.52. The van der Waals surface area contributed by atoms with Gasteiger partial charge in [0.15, 0.2) is 0 Å². The Kier molecular flexibility index (Phi) is 4.42. The molecule has 1 heterocycles. The molecule has 1 atom stereocenters. The first kappa shape index (κ1) is 14.1. The summed E-state index contributed by atoms with van der Waals surface area (Å²) in [5.41, 5.74) is 8.05. The Morgan fingerprint density at radius 1 is 1.05 bits per heavy atom. The van der Waals surface area contributed by atoms with Gasteiger partial charge in [0.25, 0.3) is 0 Å². The van der Waals surface area contributed by atoms with E-state index in [0.29, 0.717) is 11.5 Å². The van der Waals surface area contributed by atoms with Gasteiger partial charge >= 0.3 is 0 Å². The van der Waals surface area contributed by atoms with E-state index in [1.54, 1.807) is 0 Å². The van der Waals surface area contributed by atoms with E-state index in [1.165, 1.54) is 63.6 Å². The summed E-state index contributed by atoms with van der Waals surface area (Å²) in [5, 5.41) is 0. The number of likely N-dealkylation sites (tertiary alicyclic amines) is 1. The van der Waals surface area contributed by atoms with Gasteiger partial charge in [-0.3, -0.25) is 4.90 Å². The first-order chi connectivity index (χ1) is 9.84. The van der Waals surface area contributed by atoms with E-state index < -0.39 is 0 Å². The van der Waals surface area contributed by atoms with Crippen LogP contribution in [-0.2, 0) is 0 Å². The van der Waals surface area contributed by atoms with Crippen LogP contribution in [0.25, 0.3) is 0 Å². The van der Waals surface area contributed by atoms with Crippen LogP contribution in [0.3, 0.4) is 0 Å². The van der Waals surface area contributed by atoms with Gasteiger partial charge in [-0.2, -0.15) is 0 Å². The van der Waals surface area contributed by atoms with E-state index in [-0.39, 0.29) is 0 Å². The fourth-order valence-electron chi connectivity index (χ4n) is 4.22. The zero-order valence-electron chi connectivity index (χ0n) is 12.6. The fourth-order valence-corrected chi connectivity index (χ4v) is 4.22. The van der Waals surface area contributed by atoms with Crippen LogP contribution in [0.5, 0.6) is 0 Å². The third kappa shape index (κ3) is 2.77. The average molecular weight is 272 g/mol. The third-order valence-corrected chi connectivity index (χ3v) is 5.54. The molecule has 0 bridgehead atoms. The van der Waals surface area contributed by atoms with Crippen LogP contribution < -0.4 is 5.73 Å². The summed E-state index contributed by atoms with van der Waals surface area (Å²) in [4.78, 5) is 2.73. The summed E-state index contributed by atoms with van der Waals surface area (Å²) < 4.78 is 0.